The van der Waals surface area contributed by atoms with Crippen LogP contribution in [0.5, 0.6) is 0 Å². The molecule has 30 heavy (non-hydrogen) atoms. The predicted octanol–water partition coefficient (Wildman–Crippen LogP) is 3.15. The van der Waals surface area contributed by atoms with E-state index in [4.69, 9.17) is 4.98 Å². The van der Waals surface area contributed by atoms with Crippen molar-refractivity contribution in [3.8, 4) is 22.6 Å². The number of hydrogen-bond donors (Lipinski definition) is 2. The maximum atomic E-state index is 4.86. The van der Waals surface area contributed by atoms with E-state index >= 15 is 0 Å². The van der Waals surface area contributed by atoms with Crippen LogP contribution in [0.25, 0.3) is 28.3 Å². The van der Waals surface area contributed by atoms with Crippen molar-refractivity contribution in [1.29, 1.82) is 0 Å². The van der Waals surface area contributed by atoms with Gasteiger partial charge in [-0.3, -0.25) is 14.1 Å². The Bertz CT molecular complexity index is 1180. The number of imidazole rings is 1. The molecule has 0 unspecified atom stereocenters. The number of pyridine rings is 1. The fraction of sp³-hybridized carbons (Fsp3) is 0.364. The minimum absolute atomic E-state index is 0.419. The Labute approximate surface area is 174 Å². The lowest BCUT2D eigenvalue weighted by Crippen LogP contribution is -2.38. The fourth-order valence-corrected chi connectivity index (χ4v) is 4.08. The van der Waals surface area contributed by atoms with Gasteiger partial charge in [0.2, 0.25) is 0 Å². The van der Waals surface area contributed by atoms with Crippen molar-refractivity contribution >= 4 is 11.5 Å². The van der Waals surface area contributed by atoms with E-state index in [1.165, 1.54) is 19.3 Å². The number of anilines is 1. The summed E-state index contributed by atoms with van der Waals surface area (Å²) in [6.07, 6.45) is 14.5. The number of fused-ring (bicyclic) bond motifs is 1. The average Bonchev–Trinajstić information content (AvgIpc) is 3.36. The molecular weight excluding hydrogens is 376 g/mol. The van der Waals surface area contributed by atoms with Crippen LogP contribution in [0.1, 0.15) is 31.7 Å². The van der Waals surface area contributed by atoms with E-state index in [-0.39, 0.29) is 0 Å². The highest BCUT2D eigenvalue weighted by molar-refractivity contribution is 5.64. The number of nitrogens with one attached hydrogen (secondary N) is 2. The Balaban J connectivity index is 1.32. The number of rotatable bonds is 5. The third-order valence-corrected chi connectivity index (χ3v) is 5.87. The Morgan fingerprint density at radius 2 is 1.97 bits per heavy atom. The molecule has 8 nitrogen and oxygen atoms in total. The molecular formula is C22H24N8. The molecule has 6 rings (SSSR count). The number of nitrogens with zero attached hydrogens (tertiary/aromatic N) is 6. The van der Waals surface area contributed by atoms with Crippen LogP contribution >= 0.6 is 0 Å². The number of hydrogen-bond acceptors (Lipinski definition) is 6. The van der Waals surface area contributed by atoms with Gasteiger partial charge in [-0.25, -0.2) is 9.97 Å². The van der Waals surface area contributed by atoms with E-state index in [2.05, 4.69) is 36.3 Å². The van der Waals surface area contributed by atoms with E-state index in [1.807, 2.05) is 47.7 Å². The van der Waals surface area contributed by atoms with Gasteiger partial charge in [0.05, 0.1) is 41.7 Å². The first-order valence-corrected chi connectivity index (χ1v) is 10.7. The topological polar surface area (TPSA) is 85.0 Å². The van der Waals surface area contributed by atoms with Crippen molar-refractivity contribution in [2.24, 2.45) is 0 Å². The minimum Gasteiger partial charge on any atom is -0.366 e. The van der Waals surface area contributed by atoms with Gasteiger partial charge in [0.15, 0.2) is 5.65 Å². The van der Waals surface area contributed by atoms with Gasteiger partial charge in [-0.15, -0.1) is 0 Å². The third-order valence-electron chi connectivity index (χ3n) is 5.87. The van der Waals surface area contributed by atoms with Crippen molar-refractivity contribution in [1.82, 2.24) is 34.4 Å². The normalized spacial score (nSPS) is 19.3. The van der Waals surface area contributed by atoms with E-state index in [0.29, 0.717) is 12.1 Å². The molecule has 1 aliphatic heterocycles. The zero-order chi connectivity index (χ0) is 19.9. The quantitative estimate of drug-likeness (QED) is 0.535. The van der Waals surface area contributed by atoms with Gasteiger partial charge in [-0.2, -0.15) is 5.10 Å². The summed E-state index contributed by atoms with van der Waals surface area (Å²) in [6, 6.07) is 7.08. The Kier molecular flexibility index (Phi) is 4.23. The molecule has 8 heteroatoms. The average molecular weight is 400 g/mol. The van der Waals surface area contributed by atoms with E-state index in [9.17, 15) is 0 Å². The maximum absolute atomic E-state index is 4.86. The second-order valence-electron chi connectivity index (χ2n) is 8.18. The summed E-state index contributed by atoms with van der Waals surface area (Å²) in [7, 11) is 0. The summed E-state index contributed by atoms with van der Waals surface area (Å²) in [6.45, 7) is 2.08. The monoisotopic (exact) mass is 400 g/mol. The molecule has 0 aromatic carbocycles. The molecule has 0 bridgehead atoms. The lowest BCUT2D eigenvalue weighted by atomic mass is 10.1. The molecule has 1 saturated carbocycles. The van der Waals surface area contributed by atoms with Crippen LogP contribution in [0, 0.1) is 0 Å². The van der Waals surface area contributed by atoms with Crippen molar-refractivity contribution in [3.05, 3.63) is 49.2 Å². The number of aromatic nitrogens is 6. The summed E-state index contributed by atoms with van der Waals surface area (Å²) < 4.78 is 4.11. The molecule has 2 N–H and O–H groups in total. The second-order valence-corrected chi connectivity index (χ2v) is 8.18. The molecule has 1 saturated heterocycles. The molecule has 5 heterocycles. The summed E-state index contributed by atoms with van der Waals surface area (Å²) in [5.41, 5.74) is 4.56. The smallest absolute Gasteiger partial charge is 0.155 e. The Morgan fingerprint density at radius 3 is 2.83 bits per heavy atom. The van der Waals surface area contributed by atoms with Gasteiger partial charge in [-0.1, -0.05) is 6.07 Å². The molecule has 0 amide bonds. The highest BCUT2D eigenvalue weighted by Crippen LogP contribution is 2.35. The van der Waals surface area contributed by atoms with Crippen LogP contribution in [-0.4, -0.2) is 48.3 Å². The molecule has 1 atom stereocenters. The van der Waals surface area contributed by atoms with Crippen LogP contribution in [0.3, 0.4) is 0 Å². The first kappa shape index (κ1) is 17.6. The van der Waals surface area contributed by atoms with Crippen LogP contribution < -0.4 is 10.6 Å². The van der Waals surface area contributed by atoms with E-state index in [0.717, 1.165) is 53.6 Å². The summed E-state index contributed by atoms with van der Waals surface area (Å²) >= 11 is 0. The predicted molar refractivity (Wildman–Crippen MR) is 115 cm³/mol. The van der Waals surface area contributed by atoms with Crippen molar-refractivity contribution < 1.29 is 0 Å². The van der Waals surface area contributed by atoms with Gasteiger partial charge in [0.1, 0.15) is 5.82 Å². The molecule has 1 aliphatic carbocycles. The molecule has 2 aliphatic rings. The molecule has 152 valence electrons. The van der Waals surface area contributed by atoms with E-state index < -0.39 is 0 Å². The van der Waals surface area contributed by atoms with Crippen molar-refractivity contribution in [2.75, 3.05) is 18.4 Å². The van der Waals surface area contributed by atoms with Gasteiger partial charge >= 0.3 is 0 Å². The van der Waals surface area contributed by atoms with Crippen molar-refractivity contribution in [3.63, 3.8) is 0 Å². The molecule has 2 fully saturated rings. The lowest BCUT2D eigenvalue weighted by molar-refractivity contribution is 0.479. The minimum atomic E-state index is 0.419. The molecule has 4 aromatic heterocycles. The van der Waals surface area contributed by atoms with E-state index in [1.54, 1.807) is 0 Å². The van der Waals surface area contributed by atoms with Crippen LogP contribution in [0.15, 0.2) is 49.2 Å². The molecule has 4 aromatic rings. The van der Waals surface area contributed by atoms with Crippen LogP contribution in [0.2, 0.25) is 0 Å². The summed E-state index contributed by atoms with van der Waals surface area (Å²) in [4.78, 5) is 14.0. The fourth-order valence-electron chi connectivity index (χ4n) is 4.08. The van der Waals surface area contributed by atoms with Gasteiger partial charge in [0.25, 0.3) is 0 Å². The highest BCUT2D eigenvalue weighted by Gasteiger charge is 2.24. The summed E-state index contributed by atoms with van der Waals surface area (Å²) in [5, 5.41) is 11.5. The first-order valence-electron chi connectivity index (χ1n) is 10.7. The first-order chi connectivity index (χ1) is 14.8. The van der Waals surface area contributed by atoms with Gasteiger partial charge < -0.3 is 10.6 Å². The maximum Gasteiger partial charge on any atom is 0.155 e. The largest absolute Gasteiger partial charge is 0.366 e. The Morgan fingerprint density at radius 1 is 1.00 bits per heavy atom. The zero-order valence-corrected chi connectivity index (χ0v) is 16.7. The SMILES string of the molecule is c1cc(N[C@@H]2CCCNC2)nc(-c2cnc3cnc(-c4cnn(C5CC5)c4)cn23)c1. The summed E-state index contributed by atoms with van der Waals surface area (Å²) in [5.74, 6) is 0.899. The molecule has 0 spiro atoms. The third kappa shape index (κ3) is 3.33. The van der Waals surface area contributed by atoms with Crippen molar-refractivity contribution in [2.45, 2.75) is 37.8 Å². The molecule has 0 radical (unpaired) electrons. The lowest BCUT2D eigenvalue weighted by Gasteiger charge is -2.24. The Hall–Kier alpha value is -3.26. The van der Waals surface area contributed by atoms with Gasteiger partial charge in [0, 0.05) is 30.5 Å². The standard InChI is InChI=1S/C22H24N8/c1-4-18(28-21(5-1)27-16-3-2-8-23-10-16)20-11-25-22-12-24-19(14-29(20)22)15-9-26-30(13-15)17-6-7-17/h1,4-5,9,11-14,16-17,23H,2-3,6-8,10H2,(H,27,28)/t16-/m1/s1. The van der Waals surface area contributed by atoms with Gasteiger partial charge in [-0.05, 0) is 44.4 Å². The second kappa shape index (κ2) is 7.21. The van der Waals surface area contributed by atoms with Crippen LogP contribution in [0.4, 0.5) is 5.82 Å². The zero-order valence-electron chi connectivity index (χ0n) is 16.7. The highest BCUT2D eigenvalue weighted by atomic mass is 15.3. The van der Waals surface area contributed by atoms with Crippen LogP contribution in [-0.2, 0) is 0 Å². The number of piperidine rings is 1.